The van der Waals surface area contributed by atoms with Gasteiger partial charge in [-0.15, -0.1) is 0 Å². The van der Waals surface area contributed by atoms with Crippen molar-refractivity contribution >= 4 is 12.2 Å². The first-order valence-corrected chi connectivity index (χ1v) is 3.83. The lowest BCUT2D eigenvalue weighted by atomic mass is 10.5. The third-order valence-corrected chi connectivity index (χ3v) is 1.51. The summed E-state index contributed by atoms with van der Waals surface area (Å²) in [5.41, 5.74) is 0.787. The molecule has 5 heteroatoms. The van der Waals surface area contributed by atoms with E-state index < -0.39 is 6.09 Å². The molecule has 0 bridgehead atoms. The highest BCUT2D eigenvalue weighted by Crippen LogP contribution is 1.96. The van der Waals surface area contributed by atoms with E-state index in [4.69, 9.17) is 5.11 Å². The van der Waals surface area contributed by atoms with Crippen LogP contribution < -0.4 is 5.32 Å². The van der Waals surface area contributed by atoms with E-state index >= 15 is 0 Å². The lowest BCUT2D eigenvalue weighted by Gasteiger charge is -2.00. The Kier molecular flexibility index (Phi) is 3.08. The molecule has 70 valence electrons. The Morgan fingerprint density at radius 2 is 2.62 bits per heavy atom. The molecule has 0 radical (unpaired) electrons. The number of carboxylic acid groups (broad SMARTS) is 1. The zero-order chi connectivity index (χ0) is 9.68. The molecule has 0 aliphatic rings. The molecule has 1 heterocycles. The minimum Gasteiger partial charge on any atom is -0.465 e. The minimum atomic E-state index is -1.01. The topological polar surface area (TPSA) is 67.2 Å². The van der Waals surface area contributed by atoms with Crippen LogP contribution in [0.1, 0.15) is 5.69 Å². The highest BCUT2D eigenvalue weighted by atomic mass is 16.4. The molecule has 0 atom stereocenters. The van der Waals surface area contributed by atoms with Crippen molar-refractivity contribution in [3.05, 3.63) is 24.8 Å². The van der Waals surface area contributed by atoms with Crippen LogP contribution in [0.2, 0.25) is 0 Å². The Bertz CT molecular complexity index is 306. The Balaban J connectivity index is 2.36. The van der Waals surface area contributed by atoms with Gasteiger partial charge in [-0.25, -0.2) is 9.78 Å². The predicted molar refractivity (Wildman–Crippen MR) is 48.3 cm³/mol. The first kappa shape index (κ1) is 9.31. The van der Waals surface area contributed by atoms with E-state index in [0.717, 1.165) is 5.69 Å². The molecule has 0 unspecified atom stereocenters. The van der Waals surface area contributed by atoms with Crippen LogP contribution in [0.5, 0.6) is 0 Å². The Morgan fingerprint density at radius 3 is 3.15 bits per heavy atom. The first-order valence-electron chi connectivity index (χ1n) is 3.83. The van der Waals surface area contributed by atoms with E-state index in [0.29, 0.717) is 13.1 Å². The van der Waals surface area contributed by atoms with Crippen LogP contribution in [0, 0.1) is 0 Å². The molecule has 0 aliphatic carbocycles. The molecule has 2 N–H and O–H groups in total. The van der Waals surface area contributed by atoms with Crippen LogP contribution >= 0.6 is 0 Å². The standard InChI is InChI=1S/C8H11N3O2/c1-2-7-5-11(6-10-7)4-3-9-8(12)13/h2,5-6,9H,1,3-4H2,(H,12,13). The van der Waals surface area contributed by atoms with Crippen molar-refractivity contribution in [3.8, 4) is 0 Å². The van der Waals surface area contributed by atoms with Crippen molar-refractivity contribution in [2.24, 2.45) is 0 Å². The van der Waals surface area contributed by atoms with Gasteiger partial charge in [0.15, 0.2) is 0 Å². The first-order chi connectivity index (χ1) is 6.22. The Hall–Kier alpha value is -1.78. The molecule has 13 heavy (non-hydrogen) atoms. The van der Waals surface area contributed by atoms with E-state index in [1.165, 1.54) is 0 Å². The predicted octanol–water partition coefficient (Wildman–Crippen LogP) is 0.794. The highest BCUT2D eigenvalue weighted by molar-refractivity contribution is 5.64. The summed E-state index contributed by atoms with van der Waals surface area (Å²) in [6.07, 6.45) is 4.07. The monoisotopic (exact) mass is 181 g/mol. The third kappa shape index (κ3) is 2.98. The molecular weight excluding hydrogens is 170 g/mol. The van der Waals surface area contributed by atoms with Crippen LogP contribution in [-0.4, -0.2) is 27.3 Å². The van der Waals surface area contributed by atoms with Gasteiger partial charge in [-0.2, -0.15) is 0 Å². The molecule has 1 amide bonds. The number of amides is 1. The molecule has 1 aromatic rings. The van der Waals surface area contributed by atoms with Gasteiger partial charge < -0.3 is 15.0 Å². The van der Waals surface area contributed by atoms with Crippen LogP contribution in [0.25, 0.3) is 6.08 Å². The molecule has 1 rings (SSSR count). The van der Waals surface area contributed by atoms with Crippen molar-refractivity contribution in [3.63, 3.8) is 0 Å². The van der Waals surface area contributed by atoms with Crippen molar-refractivity contribution in [2.45, 2.75) is 6.54 Å². The highest BCUT2D eigenvalue weighted by Gasteiger charge is 1.96. The maximum absolute atomic E-state index is 10.1. The molecule has 5 nitrogen and oxygen atoms in total. The number of aromatic nitrogens is 2. The average molecular weight is 181 g/mol. The second-order valence-corrected chi connectivity index (χ2v) is 2.47. The SMILES string of the molecule is C=Cc1cn(CCNC(=O)O)cn1. The van der Waals surface area contributed by atoms with E-state index in [2.05, 4.69) is 16.9 Å². The van der Waals surface area contributed by atoms with Crippen LogP contribution in [0.4, 0.5) is 4.79 Å². The average Bonchev–Trinajstić information content (AvgIpc) is 2.52. The largest absolute Gasteiger partial charge is 0.465 e. The Labute approximate surface area is 75.7 Å². The molecule has 0 aromatic carbocycles. The van der Waals surface area contributed by atoms with Gasteiger partial charge in [0.1, 0.15) is 0 Å². The quantitative estimate of drug-likeness (QED) is 0.721. The van der Waals surface area contributed by atoms with Gasteiger partial charge in [0.05, 0.1) is 12.0 Å². The van der Waals surface area contributed by atoms with E-state index in [1.807, 2.05) is 0 Å². The summed E-state index contributed by atoms with van der Waals surface area (Å²) >= 11 is 0. The second kappa shape index (κ2) is 4.30. The second-order valence-electron chi connectivity index (χ2n) is 2.47. The minimum absolute atomic E-state index is 0.377. The lowest BCUT2D eigenvalue weighted by molar-refractivity contribution is 0.194. The number of nitrogens with one attached hydrogen (secondary N) is 1. The van der Waals surface area contributed by atoms with Gasteiger partial charge in [-0.1, -0.05) is 6.58 Å². The molecule has 1 aromatic heterocycles. The normalized spacial score (nSPS) is 9.54. The summed E-state index contributed by atoms with van der Waals surface area (Å²) in [4.78, 5) is 14.1. The molecule has 0 aliphatic heterocycles. The summed E-state index contributed by atoms with van der Waals surface area (Å²) in [6.45, 7) is 4.52. The fraction of sp³-hybridized carbons (Fsp3) is 0.250. The van der Waals surface area contributed by atoms with Gasteiger partial charge in [0, 0.05) is 19.3 Å². The summed E-state index contributed by atoms with van der Waals surface area (Å²) < 4.78 is 1.80. The van der Waals surface area contributed by atoms with Crippen LogP contribution in [-0.2, 0) is 6.54 Å². The number of imidazole rings is 1. The number of rotatable bonds is 4. The van der Waals surface area contributed by atoms with Crippen LogP contribution in [0.15, 0.2) is 19.1 Å². The van der Waals surface area contributed by atoms with Gasteiger partial charge >= 0.3 is 6.09 Å². The number of carbonyl (C=O) groups is 1. The van der Waals surface area contributed by atoms with Crippen LogP contribution in [0.3, 0.4) is 0 Å². The summed E-state index contributed by atoms with van der Waals surface area (Å²) in [7, 11) is 0. The maximum Gasteiger partial charge on any atom is 0.404 e. The summed E-state index contributed by atoms with van der Waals surface area (Å²) in [5.74, 6) is 0. The molecule has 0 fully saturated rings. The van der Waals surface area contributed by atoms with Gasteiger partial charge in [0.25, 0.3) is 0 Å². The maximum atomic E-state index is 10.1. The summed E-state index contributed by atoms with van der Waals surface area (Å²) in [6, 6.07) is 0. The summed E-state index contributed by atoms with van der Waals surface area (Å²) in [5, 5.41) is 10.6. The van der Waals surface area contributed by atoms with E-state index in [1.54, 1.807) is 23.2 Å². The fourth-order valence-electron chi connectivity index (χ4n) is 0.897. The van der Waals surface area contributed by atoms with Gasteiger partial charge in [0.2, 0.25) is 0 Å². The Morgan fingerprint density at radius 1 is 1.85 bits per heavy atom. The van der Waals surface area contributed by atoms with Crippen molar-refractivity contribution < 1.29 is 9.90 Å². The zero-order valence-corrected chi connectivity index (χ0v) is 7.10. The molecule has 0 saturated carbocycles. The molecule has 0 spiro atoms. The zero-order valence-electron chi connectivity index (χ0n) is 7.10. The van der Waals surface area contributed by atoms with Crippen molar-refractivity contribution in [1.82, 2.24) is 14.9 Å². The fourth-order valence-corrected chi connectivity index (χ4v) is 0.897. The molecular formula is C8H11N3O2. The number of nitrogens with zero attached hydrogens (tertiary/aromatic N) is 2. The van der Waals surface area contributed by atoms with Crippen molar-refractivity contribution in [2.75, 3.05) is 6.54 Å². The smallest absolute Gasteiger partial charge is 0.404 e. The third-order valence-electron chi connectivity index (χ3n) is 1.51. The van der Waals surface area contributed by atoms with E-state index in [-0.39, 0.29) is 0 Å². The van der Waals surface area contributed by atoms with Gasteiger partial charge in [-0.3, -0.25) is 0 Å². The lowest BCUT2D eigenvalue weighted by Crippen LogP contribution is -2.24. The number of hydrogen-bond donors (Lipinski definition) is 2. The number of hydrogen-bond acceptors (Lipinski definition) is 2. The van der Waals surface area contributed by atoms with E-state index in [9.17, 15) is 4.79 Å². The molecule has 0 saturated heterocycles. The van der Waals surface area contributed by atoms with Crippen molar-refractivity contribution in [1.29, 1.82) is 0 Å². The van der Waals surface area contributed by atoms with Gasteiger partial charge in [-0.05, 0) is 6.08 Å².